The fourth-order valence-corrected chi connectivity index (χ4v) is 1.65. The average Bonchev–Trinajstić information content (AvgIpc) is 2.89. The van der Waals surface area contributed by atoms with Crippen molar-refractivity contribution in [2.75, 3.05) is 33.4 Å². The molecule has 1 heterocycles. The van der Waals surface area contributed by atoms with Crippen LogP contribution in [0.15, 0.2) is 23.5 Å². The molecule has 1 rings (SSSR count). The quantitative estimate of drug-likeness (QED) is 0.414. The van der Waals surface area contributed by atoms with E-state index in [0.29, 0.717) is 12.5 Å². The zero-order chi connectivity index (χ0) is 13.9. The van der Waals surface area contributed by atoms with Crippen LogP contribution in [0.2, 0.25) is 0 Å². The van der Waals surface area contributed by atoms with Crippen LogP contribution in [-0.2, 0) is 11.3 Å². The standard InChI is InChI=1S/C13H25N5O/c1-4-14-13(15-7-9-19-3)16-10-12(2)11-18-8-5-6-17-18/h5-6,8,12H,4,7,9-11H2,1-3H3,(H2,14,15,16). The van der Waals surface area contributed by atoms with Crippen molar-refractivity contribution in [3.05, 3.63) is 18.5 Å². The molecule has 0 spiro atoms. The van der Waals surface area contributed by atoms with Crippen molar-refractivity contribution in [2.24, 2.45) is 10.9 Å². The molecule has 0 bridgehead atoms. The molecule has 0 aromatic carbocycles. The van der Waals surface area contributed by atoms with Crippen LogP contribution in [0.3, 0.4) is 0 Å². The van der Waals surface area contributed by atoms with Gasteiger partial charge in [-0.2, -0.15) is 5.10 Å². The van der Waals surface area contributed by atoms with Gasteiger partial charge in [-0.05, 0) is 18.9 Å². The third-order valence-corrected chi connectivity index (χ3v) is 2.56. The average molecular weight is 267 g/mol. The third-order valence-electron chi connectivity index (χ3n) is 2.56. The van der Waals surface area contributed by atoms with Gasteiger partial charge in [-0.25, -0.2) is 0 Å². The van der Waals surface area contributed by atoms with Crippen molar-refractivity contribution in [2.45, 2.75) is 20.4 Å². The molecule has 2 N–H and O–H groups in total. The molecule has 1 aromatic rings. The smallest absolute Gasteiger partial charge is 0.191 e. The fourth-order valence-electron chi connectivity index (χ4n) is 1.65. The second kappa shape index (κ2) is 9.38. The normalized spacial score (nSPS) is 13.3. The molecule has 0 amide bonds. The molecule has 1 unspecified atom stereocenters. The highest BCUT2D eigenvalue weighted by Crippen LogP contribution is 2.00. The van der Waals surface area contributed by atoms with Crippen LogP contribution in [-0.4, -0.2) is 49.1 Å². The van der Waals surface area contributed by atoms with Crippen molar-refractivity contribution in [3.63, 3.8) is 0 Å². The summed E-state index contributed by atoms with van der Waals surface area (Å²) in [7, 11) is 1.69. The van der Waals surface area contributed by atoms with Gasteiger partial charge in [0.25, 0.3) is 0 Å². The van der Waals surface area contributed by atoms with Gasteiger partial charge in [-0.3, -0.25) is 9.67 Å². The minimum atomic E-state index is 0.442. The maximum absolute atomic E-state index is 5.01. The summed E-state index contributed by atoms with van der Waals surface area (Å²) in [5.74, 6) is 1.28. The number of ether oxygens (including phenoxy) is 1. The van der Waals surface area contributed by atoms with Crippen LogP contribution >= 0.6 is 0 Å². The topological polar surface area (TPSA) is 63.5 Å². The molecule has 0 radical (unpaired) electrons. The third kappa shape index (κ3) is 6.81. The first-order chi connectivity index (χ1) is 9.26. The molecule has 6 nitrogen and oxygen atoms in total. The van der Waals surface area contributed by atoms with Crippen LogP contribution in [0.1, 0.15) is 13.8 Å². The van der Waals surface area contributed by atoms with Crippen molar-refractivity contribution in [3.8, 4) is 0 Å². The van der Waals surface area contributed by atoms with E-state index in [1.165, 1.54) is 0 Å². The molecule has 19 heavy (non-hydrogen) atoms. The number of nitrogens with zero attached hydrogens (tertiary/aromatic N) is 3. The molecule has 1 atom stereocenters. The van der Waals surface area contributed by atoms with E-state index in [2.05, 4.69) is 34.6 Å². The molecule has 0 fully saturated rings. The summed E-state index contributed by atoms with van der Waals surface area (Å²) in [6.07, 6.45) is 3.77. The van der Waals surface area contributed by atoms with E-state index in [-0.39, 0.29) is 0 Å². The highest BCUT2D eigenvalue weighted by molar-refractivity contribution is 5.79. The van der Waals surface area contributed by atoms with Crippen molar-refractivity contribution >= 4 is 5.96 Å². The maximum atomic E-state index is 5.01. The monoisotopic (exact) mass is 267 g/mol. The lowest BCUT2D eigenvalue weighted by molar-refractivity contribution is 0.203. The molecule has 0 aliphatic heterocycles. The number of nitrogens with one attached hydrogen (secondary N) is 2. The van der Waals surface area contributed by atoms with E-state index in [0.717, 1.165) is 32.1 Å². The summed E-state index contributed by atoms with van der Waals surface area (Å²) in [5, 5.41) is 10.6. The molecular weight excluding hydrogens is 242 g/mol. The lowest BCUT2D eigenvalue weighted by atomic mass is 10.2. The first-order valence-electron chi connectivity index (χ1n) is 6.74. The van der Waals surface area contributed by atoms with Gasteiger partial charge >= 0.3 is 0 Å². The minimum Gasteiger partial charge on any atom is -0.383 e. The van der Waals surface area contributed by atoms with E-state index in [1.807, 2.05) is 16.9 Å². The van der Waals surface area contributed by atoms with E-state index in [9.17, 15) is 0 Å². The zero-order valence-corrected chi connectivity index (χ0v) is 12.1. The Bertz CT molecular complexity index is 350. The van der Waals surface area contributed by atoms with Gasteiger partial charge in [0, 0.05) is 45.7 Å². The Morgan fingerprint density at radius 3 is 2.95 bits per heavy atom. The predicted molar refractivity (Wildman–Crippen MR) is 77.2 cm³/mol. The van der Waals surface area contributed by atoms with Gasteiger partial charge in [-0.15, -0.1) is 0 Å². The lowest BCUT2D eigenvalue weighted by Gasteiger charge is -2.13. The van der Waals surface area contributed by atoms with Gasteiger partial charge < -0.3 is 15.4 Å². The van der Waals surface area contributed by atoms with Crippen molar-refractivity contribution in [1.29, 1.82) is 0 Å². The number of aromatic nitrogens is 2. The largest absolute Gasteiger partial charge is 0.383 e. The first-order valence-corrected chi connectivity index (χ1v) is 6.74. The molecule has 1 aromatic heterocycles. The van der Waals surface area contributed by atoms with Gasteiger partial charge in [0.2, 0.25) is 0 Å². The Balaban J connectivity index is 2.35. The second-order valence-electron chi connectivity index (χ2n) is 4.47. The van der Waals surface area contributed by atoms with E-state index in [4.69, 9.17) is 4.74 Å². The minimum absolute atomic E-state index is 0.442. The molecule has 108 valence electrons. The first kappa shape index (κ1) is 15.5. The van der Waals surface area contributed by atoms with Gasteiger partial charge in [0.1, 0.15) is 0 Å². The Kier molecular flexibility index (Phi) is 7.65. The molecule has 0 saturated carbocycles. The Labute approximate surface area is 115 Å². The molecule has 0 aliphatic carbocycles. The molecule has 6 heteroatoms. The van der Waals surface area contributed by atoms with Gasteiger partial charge in [-0.1, -0.05) is 6.92 Å². The van der Waals surface area contributed by atoms with Crippen molar-refractivity contribution in [1.82, 2.24) is 20.4 Å². The number of hydrogen-bond acceptors (Lipinski definition) is 3. The number of methoxy groups -OCH3 is 1. The highest BCUT2D eigenvalue weighted by Gasteiger charge is 2.03. The predicted octanol–water partition coefficient (Wildman–Crippen LogP) is 0.721. The van der Waals surface area contributed by atoms with Gasteiger partial charge in [0.15, 0.2) is 5.96 Å². The van der Waals surface area contributed by atoms with Gasteiger partial charge in [0.05, 0.1) is 6.61 Å². The number of hydrogen-bond donors (Lipinski definition) is 2. The van der Waals surface area contributed by atoms with Crippen LogP contribution in [0.4, 0.5) is 0 Å². The molecule has 0 saturated heterocycles. The van der Waals surface area contributed by atoms with E-state index in [1.54, 1.807) is 13.3 Å². The van der Waals surface area contributed by atoms with Crippen LogP contribution in [0.25, 0.3) is 0 Å². The molecule has 0 aliphatic rings. The van der Waals surface area contributed by atoms with Crippen LogP contribution < -0.4 is 10.6 Å². The van der Waals surface area contributed by atoms with Crippen LogP contribution in [0.5, 0.6) is 0 Å². The Morgan fingerprint density at radius 2 is 2.32 bits per heavy atom. The maximum Gasteiger partial charge on any atom is 0.191 e. The van der Waals surface area contributed by atoms with E-state index < -0.39 is 0 Å². The number of rotatable bonds is 8. The Hall–Kier alpha value is -1.56. The summed E-state index contributed by atoms with van der Waals surface area (Å²) in [4.78, 5) is 4.56. The highest BCUT2D eigenvalue weighted by atomic mass is 16.5. The summed E-state index contributed by atoms with van der Waals surface area (Å²) in [6.45, 7) is 8.16. The number of aliphatic imine (C=N–C) groups is 1. The van der Waals surface area contributed by atoms with Crippen molar-refractivity contribution < 1.29 is 4.74 Å². The molecular formula is C13H25N5O. The summed E-state index contributed by atoms with van der Waals surface area (Å²) >= 11 is 0. The summed E-state index contributed by atoms with van der Waals surface area (Å²) in [5.41, 5.74) is 0. The SMILES string of the molecule is CCNC(=NCC(C)Cn1cccn1)NCCOC. The summed E-state index contributed by atoms with van der Waals surface area (Å²) < 4.78 is 6.95. The summed E-state index contributed by atoms with van der Waals surface area (Å²) in [6, 6.07) is 1.94. The number of guanidine groups is 1. The lowest BCUT2D eigenvalue weighted by Crippen LogP contribution is -2.39. The zero-order valence-electron chi connectivity index (χ0n) is 12.1. The fraction of sp³-hybridized carbons (Fsp3) is 0.692. The van der Waals surface area contributed by atoms with E-state index >= 15 is 0 Å². The Morgan fingerprint density at radius 1 is 1.47 bits per heavy atom. The van der Waals surface area contributed by atoms with Crippen LogP contribution in [0, 0.1) is 5.92 Å². The second-order valence-corrected chi connectivity index (χ2v) is 4.47.